The second-order valence-electron chi connectivity index (χ2n) is 3.76. The van der Waals surface area contributed by atoms with Crippen LogP contribution in [0.25, 0.3) is 0 Å². The minimum atomic E-state index is -4.81. The second kappa shape index (κ2) is 5.35. The normalized spacial score (nSPS) is 11.7. The Morgan fingerprint density at radius 2 is 1.80 bits per heavy atom. The Kier molecular flexibility index (Phi) is 4.09. The van der Waals surface area contributed by atoms with Gasteiger partial charge in [0, 0.05) is 5.56 Å². The van der Waals surface area contributed by atoms with E-state index in [0.29, 0.717) is 12.1 Å². The Hall–Kier alpha value is -1.11. The molecule has 0 aliphatic carbocycles. The van der Waals surface area contributed by atoms with Crippen molar-refractivity contribution >= 4 is 40.3 Å². The number of ketones is 1. The highest BCUT2D eigenvalue weighted by atomic mass is 35.5. The minimum absolute atomic E-state index is 0.0285. The Balaban J connectivity index is 2.42. The quantitative estimate of drug-likeness (QED) is 0.524. The third-order valence-electron chi connectivity index (χ3n) is 2.44. The van der Waals surface area contributed by atoms with Crippen molar-refractivity contribution in [2.75, 3.05) is 0 Å². The van der Waals surface area contributed by atoms with Crippen LogP contribution in [0, 0.1) is 5.82 Å². The van der Waals surface area contributed by atoms with Crippen LogP contribution in [0.4, 0.5) is 17.6 Å². The number of halogens is 6. The first-order chi connectivity index (χ1) is 9.20. The summed E-state index contributed by atoms with van der Waals surface area (Å²) in [7, 11) is 0. The molecule has 1 aromatic heterocycles. The van der Waals surface area contributed by atoms with Crippen LogP contribution >= 0.6 is 34.5 Å². The molecule has 2 rings (SSSR count). The van der Waals surface area contributed by atoms with E-state index in [4.69, 9.17) is 23.2 Å². The zero-order valence-electron chi connectivity index (χ0n) is 9.39. The van der Waals surface area contributed by atoms with Gasteiger partial charge in [-0.25, -0.2) is 4.39 Å². The highest BCUT2D eigenvalue weighted by Crippen LogP contribution is 2.34. The van der Waals surface area contributed by atoms with Gasteiger partial charge in [-0.05, 0) is 18.2 Å². The summed E-state index contributed by atoms with van der Waals surface area (Å²) >= 11 is 12.4. The van der Waals surface area contributed by atoms with Crippen molar-refractivity contribution in [2.45, 2.75) is 6.18 Å². The summed E-state index contributed by atoms with van der Waals surface area (Å²) in [6.45, 7) is 0. The highest BCUT2D eigenvalue weighted by Gasteiger charge is 2.34. The molecule has 0 saturated heterocycles. The van der Waals surface area contributed by atoms with Gasteiger partial charge in [0.2, 0.25) is 0 Å². The summed E-state index contributed by atoms with van der Waals surface area (Å²) in [5.74, 6) is -2.20. The molecule has 0 unspecified atom stereocenters. The predicted molar refractivity (Wildman–Crippen MR) is 69.2 cm³/mol. The molecule has 0 fully saturated rings. The molecule has 0 radical (unpaired) electrons. The number of rotatable bonds is 2. The topological polar surface area (TPSA) is 17.1 Å². The molecule has 0 atom stereocenters. The number of benzene rings is 1. The van der Waals surface area contributed by atoms with Gasteiger partial charge < -0.3 is 0 Å². The maximum atomic E-state index is 13.4. The van der Waals surface area contributed by atoms with Gasteiger partial charge in [-0.15, -0.1) is 11.3 Å². The van der Waals surface area contributed by atoms with Crippen molar-refractivity contribution in [1.29, 1.82) is 0 Å². The van der Waals surface area contributed by atoms with Crippen LogP contribution in [0.1, 0.15) is 21.5 Å². The van der Waals surface area contributed by atoms with E-state index in [1.807, 2.05) is 0 Å². The number of hydrogen-bond acceptors (Lipinski definition) is 2. The molecular formula is C12H4Cl2F4OS. The first-order valence-corrected chi connectivity index (χ1v) is 6.63. The highest BCUT2D eigenvalue weighted by molar-refractivity contribution is 7.20. The standard InChI is InChI=1S/C12H4Cl2F4OS/c13-9-4-6(11(14)20-9)10(19)5-1-2-7(8(15)3-5)12(16,17)18/h1-4H. The Morgan fingerprint density at radius 3 is 2.25 bits per heavy atom. The van der Waals surface area contributed by atoms with Crippen molar-refractivity contribution < 1.29 is 22.4 Å². The molecule has 0 spiro atoms. The van der Waals surface area contributed by atoms with E-state index in [1.54, 1.807) is 0 Å². The van der Waals surface area contributed by atoms with Crippen LogP contribution in [-0.2, 0) is 6.18 Å². The van der Waals surface area contributed by atoms with Gasteiger partial charge in [-0.3, -0.25) is 4.79 Å². The molecule has 0 amide bonds. The number of carbonyl (C=O) groups excluding carboxylic acids is 1. The summed E-state index contributed by atoms with van der Waals surface area (Å²) in [5.41, 5.74) is -1.63. The molecule has 1 nitrogen and oxygen atoms in total. The van der Waals surface area contributed by atoms with Crippen molar-refractivity contribution in [2.24, 2.45) is 0 Å². The van der Waals surface area contributed by atoms with Crippen LogP contribution in [0.2, 0.25) is 8.67 Å². The van der Waals surface area contributed by atoms with E-state index in [1.165, 1.54) is 6.07 Å². The van der Waals surface area contributed by atoms with Crippen LogP contribution in [0.3, 0.4) is 0 Å². The predicted octanol–water partition coefficient (Wildman–Crippen LogP) is 5.44. The SMILES string of the molecule is O=C(c1ccc(C(F)(F)F)c(F)c1)c1cc(Cl)sc1Cl. The minimum Gasteiger partial charge on any atom is -0.289 e. The lowest BCUT2D eigenvalue weighted by molar-refractivity contribution is -0.140. The van der Waals surface area contributed by atoms with E-state index in [9.17, 15) is 22.4 Å². The molecule has 0 N–H and O–H groups in total. The monoisotopic (exact) mass is 342 g/mol. The van der Waals surface area contributed by atoms with Crippen LogP contribution in [0.5, 0.6) is 0 Å². The summed E-state index contributed by atoms with van der Waals surface area (Å²) in [6, 6.07) is 3.24. The third kappa shape index (κ3) is 2.97. The number of carbonyl (C=O) groups is 1. The lowest BCUT2D eigenvalue weighted by atomic mass is 10.0. The summed E-state index contributed by atoms with van der Waals surface area (Å²) in [4.78, 5) is 12.0. The smallest absolute Gasteiger partial charge is 0.289 e. The van der Waals surface area contributed by atoms with Crippen molar-refractivity contribution in [3.8, 4) is 0 Å². The zero-order chi connectivity index (χ0) is 15.1. The molecule has 106 valence electrons. The Labute approximate surface area is 124 Å². The van der Waals surface area contributed by atoms with Gasteiger partial charge in [0.05, 0.1) is 15.5 Å². The van der Waals surface area contributed by atoms with Crippen LogP contribution in [-0.4, -0.2) is 5.78 Å². The van der Waals surface area contributed by atoms with Gasteiger partial charge in [0.15, 0.2) is 5.78 Å². The lowest BCUT2D eigenvalue weighted by Crippen LogP contribution is -2.10. The lowest BCUT2D eigenvalue weighted by Gasteiger charge is -2.08. The molecule has 1 heterocycles. The van der Waals surface area contributed by atoms with E-state index in [0.717, 1.165) is 17.4 Å². The van der Waals surface area contributed by atoms with Crippen LogP contribution in [0.15, 0.2) is 24.3 Å². The average Bonchev–Trinajstić information content (AvgIpc) is 2.65. The third-order valence-corrected chi connectivity index (χ3v) is 3.93. The van der Waals surface area contributed by atoms with Crippen molar-refractivity contribution in [3.05, 3.63) is 55.4 Å². The number of hydrogen-bond donors (Lipinski definition) is 0. The molecule has 0 aliphatic heterocycles. The van der Waals surface area contributed by atoms with Gasteiger partial charge in [-0.1, -0.05) is 29.3 Å². The van der Waals surface area contributed by atoms with Crippen LogP contribution < -0.4 is 0 Å². The van der Waals surface area contributed by atoms with Gasteiger partial charge in [0.25, 0.3) is 0 Å². The van der Waals surface area contributed by atoms with Crippen molar-refractivity contribution in [1.82, 2.24) is 0 Å². The van der Waals surface area contributed by atoms with E-state index in [2.05, 4.69) is 0 Å². The first kappa shape index (κ1) is 15.3. The van der Waals surface area contributed by atoms with Crippen molar-refractivity contribution in [3.63, 3.8) is 0 Å². The summed E-state index contributed by atoms with van der Waals surface area (Å²) in [6.07, 6.45) is -4.81. The Bertz CT molecular complexity index is 679. The Morgan fingerprint density at radius 1 is 1.15 bits per heavy atom. The molecule has 2 aromatic rings. The molecular weight excluding hydrogens is 339 g/mol. The summed E-state index contributed by atoms with van der Waals surface area (Å²) < 4.78 is 51.0. The fourth-order valence-electron chi connectivity index (χ4n) is 1.54. The van der Waals surface area contributed by atoms with Gasteiger partial charge in [0.1, 0.15) is 10.2 Å². The maximum Gasteiger partial charge on any atom is 0.419 e. The maximum absolute atomic E-state index is 13.4. The number of alkyl halides is 3. The average molecular weight is 343 g/mol. The summed E-state index contributed by atoms with van der Waals surface area (Å²) in [5, 5.41) is 0. The molecule has 20 heavy (non-hydrogen) atoms. The van der Waals surface area contributed by atoms with Gasteiger partial charge in [-0.2, -0.15) is 13.2 Å². The fraction of sp³-hybridized carbons (Fsp3) is 0.0833. The van der Waals surface area contributed by atoms with Gasteiger partial charge >= 0.3 is 6.18 Å². The fourth-order valence-corrected chi connectivity index (χ4v) is 3.00. The molecule has 0 aliphatic rings. The zero-order valence-corrected chi connectivity index (χ0v) is 11.7. The van der Waals surface area contributed by atoms with E-state index < -0.39 is 23.3 Å². The molecule has 0 bridgehead atoms. The molecule has 8 heteroatoms. The largest absolute Gasteiger partial charge is 0.419 e. The second-order valence-corrected chi connectivity index (χ2v) is 6.04. The first-order valence-electron chi connectivity index (χ1n) is 5.06. The number of thiophene rings is 1. The molecule has 0 saturated carbocycles. The van der Waals surface area contributed by atoms with E-state index in [-0.39, 0.29) is 19.8 Å². The molecule has 1 aromatic carbocycles. The van der Waals surface area contributed by atoms with E-state index >= 15 is 0 Å².